The van der Waals surface area contributed by atoms with E-state index < -0.39 is 11.9 Å². The molecular weight excluding hydrogens is 658 g/mol. The standard InChI is InChI=1S/C42H37N3O7/c1-48-32-24-14-12-22-30(32)43-42(44-31-23-13-15-25-33(31)49-2)45-38(28-19-10-7-11-20-28)37(41(47)52-5)35(27-17-8-6-9-18-27)36(40(46)51-4)29-21-16-26-34(50-3)39(29)45/h6-26H,1-5H3,(H,43,44). The summed E-state index contributed by atoms with van der Waals surface area (Å²) in [5.41, 5.74) is 3.86. The highest BCUT2D eigenvalue weighted by Crippen LogP contribution is 2.50. The van der Waals surface area contributed by atoms with Crippen LogP contribution in [0, 0.1) is 0 Å². The molecule has 0 saturated heterocycles. The molecule has 5 aromatic carbocycles. The van der Waals surface area contributed by atoms with Crippen molar-refractivity contribution in [1.29, 1.82) is 0 Å². The molecule has 0 atom stereocenters. The molecule has 10 heteroatoms. The number of hydrogen-bond acceptors (Lipinski definition) is 8. The second-order valence-electron chi connectivity index (χ2n) is 11.3. The Kier molecular flexibility index (Phi) is 10.7. The van der Waals surface area contributed by atoms with Crippen molar-refractivity contribution < 1.29 is 33.3 Å². The zero-order chi connectivity index (χ0) is 36.6. The Morgan fingerprint density at radius 3 is 1.73 bits per heavy atom. The van der Waals surface area contributed by atoms with E-state index in [1.807, 2.05) is 103 Å². The van der Waals surface area contributed by atoms with Crippen LogP contribution in [0.4, 0.5) is 17.1 Å². The van der Waals surface area contributed by atoms with Crippen LogP contribution in [0.25, 0.3) is 16.8 Å². The van der Waals surface area contributed by atoms with Crippen LogP contribution in [0.3, 0.4) is 0 Å². The molecule has 262 valence electrons. The van der Waals surface area contributed by atoms with Gasteiger partial charge in [0.05, 0.1) is 63.8 Å². The van der Waals surface area contributed by atoms with Crippen molar-refractivity contribution in [2.24, 2.45) is 4.99 Å². The third kappa shape index (κ3) is 6.69. The second kappa shape index (κ2) is 15.8. The van der Waals surface area contributed by atoms with E-state index in [1.165, 1.54) is 21.3 Å². The Bertz CT molecular complexity index is 2190. The van der Waals surface area contributed by atoms with Gasteiger partial charge in [0.1, 0.15) is 22.9 Å². The highest BCUT2D eigenvalue weighted by molar-refractivity contribution is 6.36. The summed E-state index contributed by atoms with van der Waals surface area (Å²) in [6.07, 6.45) is 0. The molecule has 0 unspecified atom stereocenters. The summed E-state index contributed by atoms with van der Waals surface area (Å²) >= 11 is 0. The third-order valence-electron chi connectivity index (χ3n) is 8.44. The summed E-state index contributed by atoms with van der Waals surface area (Å²) in [5.74, 6) is 0.226. The van der Waals surface area contributed by atoms with Crippen LogP contribution in [0.15, 0.2) is 138 Å². The Morgan fingerprint density at radius 1 is 0.558 bits per heavy atom. The Hall–Kier alpha value is -6.81. The zero-order valence-electron chi connectivity index (χ0n) is 29.4. The highest BCUT2D eigenvalue weighted by atomic mass is 16.5. The molecule has 0 fully saturated rings. The zero-order valence-corrected chi connectivity index (χ0v) is 29.4. The lowest BCUT2D eigenvalue weighted by molar-refractivity contribution is -0.135. The Morgan fingerprint density at radius 2 is 1.10 bits per heavy atom. The van der Waals surface area contributed by atoms with Crippen molar-refractivity contribution in [2.45, 2.75) is 0 Å². The number of nitrogens with zero attached hydrogens (tertiary/aromatic N) is 2. The summed E-state index contributed by atoms with van der Waals surface area (Å²) in [6, 6.07) is 38.5. The van der Waals surface area contributed by atoms with Crippen molar-refractivity contribution in [3.05, 3.63) is 150 Å². The molecule has 6 rings (SSSR count). The number of nitrogens with one attached hydrogen (secondary N) is 1. The van der Waals surface area contributed by atoms with Gasteiger partial charge in [0, 0.05) is 11.1 Å². The van der Waals surface area contributed by atoms with E-state index in [0.717, 1.165) is 0 Å². The van der Waals surface area contributed by atoms with Gasteiger partial charge in [-0.15, -0.1) is 0 Å². The number of esters is 2. The predicted octanol–water partition coefficient (Wildman–Crippen LogP) is 8.00. The highest BCUT2D eigenvalue weighted by Gasteiger charge is 2.40. The Labute approximate surface area is 302 Å². The van der Waals surface area contributed by atoms with E-state index in [-0.39, 0.29) is 17.1 Å². The molecule has 0 amide bonds. The van der Waals surface area contributed by atoms with Gasteiger partial charge in [-0.05, 0) is 41.5 Å². The molecule has 10 nitrogen and oxygen atoms in total. The number of rotatable bonds is 9. The summed E-state index contributed by atoms with van der Waals surface area (Å²) in [7, 11) is 7.28. The van der Waals surface area contributed by atoms with Gasteiger partial charge in [-0.2, -0.15) is 0 Å². The SMILES string of the molecule is COC(=O)C1=C(c2ccccc2)N(C(=Nc2ccccc2OC)Nc2ccccc2OC)c2c(OC)cccc2C(C(=O)OC)=C1c1ccccc1. The molecule has 0 aromatic heterocycles. The molecule has 5 aromatic rings. The number of carbonyl (C=O) groups excluding carboxylic acids is 2. The number of para-hydroxylation sites is 5. The number of fused-ring (bicyclic) bond motifs is 1. The molecule has 1 aliphatic rings. The fourth-order valence-electron chi connectivity index (χ4n) is 6.15. The fourth-order valence-corrected chi connectivity index (χ4v) is 6.15. The first-order valence-corrected chi connectivity index (χ1v) is 16.3. The van der Waals surface area contributed by atoms with Crippen LogP contribution in [0.1, 0.15) is 16.7 Å². The van der Waals surface area contributed by atoms with Crippen molar-refractivity contribution in [3.8, 4) is 17.2 Å². The van der Waals surface area contributed by atoms with Crippen molar-refractivity contribution in [2.75, 3.05) is 45.8 Å². The topological polar surface area (TPSA) is 108 Å². The van der Waals surface area contributed by atoms with E-state index in [4.69, 9.17) is 28.7 Å². The summed E-state index contributed by atoms with van der Waals surface area (Å²) in [6.45, 7) is 0. The van der Waals surface area contributed by atoms with Crippen molar-refractivity contribution >= 4 is 51.8 Å². The average Bonchev–Trinajstić information content (AvgIpc) is 3.34. The number of guanidine groups is 1. The van der Waals surface area contributed by atoms with Crippen molar-refractivity contribution in [1.82, 2.24) is 0 Å². The minimum Gasteiger partial charge on any atom is -0.495 e. The number of carbonyl (C=O) groups is 2. The molecule has 0 radical (unpaired) electrons. The van der Waals surface area contributed by atoms with Gasteiger partial charge in [-0.1, -0.05) is 97.1 Å². The molecule has 0 spiro atoms. The van der Waals surface area contributed by atoms with Crippen LogP contribution >= 0.6 is 0 Å². The van der Waals surface area contributed by atoms with Crippen LogP contribution in [0.2, 0.25) is 0 Å². The number of ether oxygens (including phenoxy) is 5. The van der Waals surface area contributed by atoms with Gasteiger partial charge in [0.2, 0.25) is 5.96 Å². The normalized spacial score (nSPS) is 12.8. The maximum atomic E-state index is 14.5. The van der Waals surface area contributed by atoms with Gasteiger partial charge in [0.15, 0.2) is 0 Å². The Balaban J connectivity index is 1.87. The molecule has 52 heavy (non-hydrogen) atoms. The van der Waals surface area contributed by atoms with Crippen molar-refractivity contribution in [3.63, 3.8) is 0 Å². The number of anilines is 2. The molecule has 0 bridgehead atoms. The lowest BCUT2D eigenvalue weighted by Gasteiger charge is -2.32. The maximum Gasteiger partial charge on any atom is 0.340 e. The summed E-state index contributed by atoms with van der Waals surface area (Å²) in [4.78, 5) is 35.7. The van der Waals surface area contributed by atoms with E-state index >= 15 is 0 Å². The second-order valence-corrected chi connectivity index (χ2v) is 11.3. The molecule has 1 N–H and O–H groups in total. The molecule has 1 aliphatic heterocycles. The lowest BCUT2D eigenvalue weighted by atomic mass is 9.88. The number of aliphatic imine (C=N–C) groups is 1. The van der Waals surface area contributed by atoms with Gasteiger partial charge >= 0.3 is 11.9 Å². The molecule has 0 saturated carbocycles. The van der Waals surface area contributed by atoms with Gasteiger partial charge in [-0.3, -0.25) is 4.90 Å². The largest absolute Gasteiger partial charge is 0.495 e. The van der Waals surface area contributed by atoms with Crippen LogP contribution in [0.5, 0.6) is 17.2 Å². The van der Waals surface area contributed by atoms with Gasteiger partial charge in [0.25, 0.3) is 0 Å². The average molecular weight is 696 g/mol. The van der Waals surface area contributed by atoms with Crippen LogP contribution < -0.4 is 24.4 Å². The van der Waals surface area contributed by atoms with Crippen LogP contribution in [-0.2, 0) is 19.1 Å². The lowest BCUT2D eigenvalue weighted by Crippen LogP contribution is -2.37. The predicted molar refractivity (Wildman–Crippen MR) is 203 cm³/mol. The van der Waals surface area contributed by atoms with Gasteiger partial charge < -0.3 is 29.0 Å². The fraction of sp³-hybridized carbons (Fsp3) is 0.119. The maximum absolute atomic E-state index is 14.5. The molecule has 0 aliphatic carbocycles. The summed E-state index contributed by atoms with van der Waals surface area (Å²) in [5, 5.41) is 3.50. The quantitative estimate of drug-likeness (QED) is 0.0933. The number of hydrogen-bond donors (Lipinski definition) is 1. The third-order valence-corrected chi connectivity index (χ3v) is 8.44. The first-order chi connectivity index (χ1) is 25.4. The minimum absolute atomic E-state index is 0.0770. The van der Waals surface area contributed by atoms with E-state index in [2.05, 4.69) is 5.32 Å². The minimum atomic E-state index is -0.704. The number of benzene rings is 5. The molecule has 1 heterocycles. The monoisotopic (exact) mass is 695 g/mol. The molecular formula is C42H37N3O7. The first-order valence-electron chi connectivity index (χ1n) is 16.3. The smallest absolute Gasteiger partial charge is 0.340 e. The first kappa shape index (κ1) is 35.0. The van der Waals surface area contributed by atoms with Crippen LogP contribution in [-0.4, -0.2) is 53.4 Å². The van der Waals surface area contributed by atoms with E-state index in [9.17, 15) is 9.59 Å². The van der Waals surface area contributed by atoms with E-state index in [0.29, 0.717) is 62.3 Å². The number of methoxy groups -OCH3 is 5. The van der Waals surface area contributed by atoms with Gasteiger partial charge in [-0.25, -0.2) is 14.6 Å². The summed E-state index contributed by atoms with van der Waals surface area (Å²) < 4.78 is 28.6. The van der Waals surface area contributed by atoms with E-state index in [1.54, 1.807) is 43.4 Å².